The Morgan fingerprint density at radius 2 is 2.13 bits per heavy atom. The monoisotopic (exact) mass is 228 g/mol. The molecule has 1 heterocycles. The zero-order valence-electron chi connectivity index (χ0n) is 9.67. The van der Waals surface area contributed by atoms with Gasteiger partial charge in [0.15, 0.2) is 0 Å². The molecule has 0 amide bonds. The number of rotatable bonds is 4. The van der Waals surface area contributed by atoms with Crippen molar-refractivity contribution in [3.63, 3.8) is 0 Å². The van der Waals surface area contributed by atoms with Gasteiger partial charge in [-0.1, -0.05) is 25.4 Å². The summed E-state index contributed by atoms with van der Waals surface area (Å²) in [5.74, 6) is 0.370. The van der Waals surface area contributed by atoms with Crippen LogP contribution in [0.2, 0.25) is 5.15 Å². The number of hydrogen-bond donors (Lipinski definition) is 0. The molecule has 0 bridgehead atoms. The minimum Gasteiger partial charge on any atom is -0.299 e. The molecule has 0 fully saturated rings. The number of aromatic nitrogens is 2. The van der Waals surface area contributed by atoms with Gasteiger partial charge in [0.1, 0.15) is 10.9 Å². The second-order valence-electron chi connectivity index (χ2n) is 4.10. The maximum atomic E-state index is 11.5. The quantitative estimate of drug-likeness (QED) is 0.794. The maximum absolute atomic E-state index is 11.5. The van der Waals surface area contributed by atoms with Gasteiger partial charge >= 0.3 is 0 Å². The maximum Gasteiger partial charge on any atom is 0.135 e. The van der Waals surface area contributed by atoms with Crippen LogP contribution in [-0.4, -0.2) is 15.6 Å². The van der Waals surface area contributed by atoms with Crippen LogP contribution in [0.5, 0.6) is 0 Å². The van der Waals surface area contributed by atoms with Crippen LogP contribution in [0, 0.1) is 12.8 Å². The summed E-state index contributed by atoms with van der Waals surface area (Å²) in [7, 11) is 1.81. The van der Waals surface area contributed by atoms with E-state index in [-0.39, 0.29) is 11.7 Å². The molecule has 84 valence electrons. The standard InChI is InChI=1S/C11H17ClN2O/c1-7(2)10(15)6-5-9-8(3)13-14(4)11(9)12/h7H,5-6H2,1-4H3. The fourth-order valence-electron chi connectivity index (χ4n) is 1.49. The second kappa shape index (κ2) is 4.79. The van der Waals surface area contributed by atoms with Gasteiger partial charge < -0.3 is 0 Å². The summed E-state index contributed by atoms with van der Waals surface area (Å²) in [6.45, 7) is 5.75. The lowest BCUT2D eigenvalue weighted by Gasteiger charge is -2.03. The fraction of sp³-hybridized carbons (Fsp3) is 0.636. The number of hydrogen-bond acceptors (Lipinski definition) is 2. The molecule has 4 heteroatoms. The highest BCUT2D eigenvalue weighted by atomic mass is 35.5. The van der Waals surface area contributed by atoms with Crippen molar-refractivity contribution in [2.45, 2.75) is 33.6 Å². The van der Waals surface area contributed by atoms with E-state index in [4.69, 9.17) is 11.6 Å². The van der Waals surface area contributed by atoms with Gasteiger partial charge in [0.05, 0.1) is 5.69 Å². The van der Waals surface area contributed by atoms with Crippen LogP contribution < -0.4 is 0 Å². The van der Waals surface area contributed by atoms with Crippen molar-refractivity contribution in [2.75, 3.05) is 0 Å². The third-order valence-corrected chi connectivity index (χ3v) is 3.01. The molecule has 0 unspecified atom stereocenters. The molecular formula is C11H17ClN2O. The first-order valence-corrected chi connectivity index (χ1v) is 5.52. The van der Waals surface area contributed by atoms with Gasteiger partial charge in [-0.05, 0) is 13.3 Å². The molecule has 1 rings (SSSR count). The molecule has 0 saturated carbocycles. The van der Waals surface area contributed by atoms with Crippen molar-refractivity contribution in [2.24, 2.45) is 13.0 Å². The molecule has 15 heavy (non-hydrogen) atoms. The van der Waals surface area contributed by atoms with Crippen molar-refractivity contribution in [3.05, 3.63) is 16.4 Å². The highest BCUT2D eigenvalue weighted by Gasteiger charge is 2.14. The van der Waals surface area contributed by atoms with Crippen molar-refractivity contribution in [1.82, 2.24) is 9.78 Å². The Balaban J connectivity index is 2.69. The first-order chi connectivity index (χ1) is 6.93. The van der Waals surface area contributed by atoms with Crippen LogP contribution in [0.25, 0.3) is 0 Å². The third-order valence-electron chi connectivity index (χ3n) is 2.54. The third kappa shape index (κ3) is 2.81. The molecule has 0 radical (unpaired) electrons. The molecule has 3 nitrogen and oxygen atoms in total. The molecule has 1 aromatic rings. The average molecular weight is 229 g/mol. The van der Waals surface area contributed by atoms with Gasteiger partial charge in [-0.25, -0.2) is 0 Å². The van der Waals surface area contributed by atoms with Crippen molar-refractivity contribution in [3.8, 4) is 0 Å². The molecular weight excluding hydrogens is 212 g/mol. The summed E-state index contributed by atoms with van der Waals surface area (Å²) in [6.07, 6.45) is 1.24. The number of aryl methyl sites for hydroxylation is 2. The molecule has 0 saturated heterocycles. The molecule has 0 aliphatic rings. The summed E-state index contributed by atoms with van der Waals surface area (Å²) >= 11 is 6.07. The van der Waals surface area contributed by atoms with Gasteiger partial charge in [-0.15, -0.1) is 0 Å². The summed E-state index contributed by atoms with van der Waals surface area (Å²) in [5.41, 5.74) is 1.91. The lowest BCUT2D eigenvalue weighted by molar-refractivity contribution is -0.121. The largest absolute Gasteiger partial charge is 0.299 e. The molecule has 0 N–H and O–H groups in total. The molecule has 0 spiro atoms. The highest BCUT2D eigenvalue weighted by molar-refractivity contribution is 6.30. The van der Waals surface area contributed by atoms with Gasteiger partial charge in [-0.3, -0.25) is 9.48 Å². The van der Waals surface area contributed by atoms with E-state index in [0.29, 0.717) is 18.0 Å². The number of halogens is 1. The number of Topliss-reactive ketones (excluding diaryl/α,β-unsaturated/α-hetero) is 1. The SMILES string of the molecule is Cc1nn(C)c(Cl)c1CCC(=O)C(C)C. The van der Waals surface area contributed by atoms with Crippen LogP contribution >= 0.6 is 11.6 Å². The first-order valence-electron chi connectivity index (χ1n) is 5.14. The predicted octanol–water partition coefficient (Wildman–Crippen LogP) is 2.54. The second-order valence-corrected chi connectivity index (χ2v) is 4.46. The predicted molar refractivity (Wildman–Crippen MR) is 61.1 cm³/mol. The van der Waals surface area contributed by atoms with E-state index >= 15 is 0 Å². The summed E-state index contributed by atoms with van der Waals surface area (Å²) in [5, 5.41) is 4.85. The van der Waals surface area contributed by atoms with Crippen molar-refractivity contribution >= 4 is 17.4 Å². The lowest BCUT2D eigenvalue weighted by Crippen LogP contribution is -2.08. The zero-order chi connectivity index (χ0) is 11.6. The minimum atomic E-state index is 0.0979. The summed E-state index contributed by atoms with van der Waals surface area (Å²) in [6, 6.07) is 0. The first kappa shape index (κ1) is 12.2. The van der Waals surface area contributed by atoms with Gasteiger partial charge in [-0.2, -0.15) is 5.10 Å². The van der Waals surface area contributed by atoms with E-state index in [2.05, 4.69) is 5.10 Å². The molecule has 0 atom stereocenters. The molecule has 0 aromatic carbocycles. The Labute approximate surface area is 95.4 Å². The Kier molecular flexibility index (Phi) is 3.91. The number of carbonyl (C=O) groups excluding carboxylic acids is 1. The topological polar surface area (TPSA) is 34.9 Å². The Morgan fingerprint density at radius 1 is 1.53 bits per heavy atom. The Hall–Kier alpha value is -0.830. The molecule has 0 aliphatic carbocycles. The average Bonchev–Trinajstić information content (AvgIpc) is 2.38. The van der Waals surface area contributed by atoms with E-state index in [0.717, 1.165) is 11.3 Å². The Bertz CT molecular complexity index is 369. The Morgan fingerprint density at radius 3 is 2.53 bits per heavy atom. The van der Waals surface area contributed by atoms with E-state index in [9.17, 15) is 4.79 Å². The molecule has 1 aromatic heterocycles. The highest BCUT2D eigenvalue weighted by Crippen LogP contribution is 2.20. The van der Waals surface area contributed by atoms with E-state index < -0.39 is 0 Å². The van der Waals surface area contributed by atoms with Crippen LogP contribution in [0.3, 0.4) is 0 Å². The van der Waals surface area contributed by atoms with Crippen LogP contribution in [0.4, 0.5) is 0 Å². The zero-order valence-corrected chi connectivity index (χ0v) is 10.4. The summed E-state index contributed by atoms with van der Waals surface area (Å²) < 4.78 is 1.64. The van der Waals surface area contributed by atoms with Gasteiger partial charge in [0.2, 0.25) is 0 Å². The number of nitrogens with zero attached hydrogens (tertiary/aromatic N) is 2. The summed E-state index contributed by atoms with van der Waals surface area (Å²) in [4.78, 5) is 11.5. The smallest absolute Gasteiger partial charge is 0.135 e. The fourth-order valence-corrected chi connectivity index (χ4v) is 1.76. The van der Waals surface area contributed by atoms with Gasteiger partial charge in [0, 0.05) is 24.9 Å². The molecule has 0 aliphatic heterocycles. The minimum absolute atomic E-state index is 0.0979. The van der Waals surface area contributed by atoms with Crippen molar-refractivity contribution < 1.29 is 4.79 Å². The van der Waals surface area contributed by atoms with E-state index in [1.165, 1.54) is 0 Å². The normalized spacial score (nSPS) is 11.1. The van der Waals surface area contributed by atoms with Crippen molar-refractivity contribution in [1.29, 1.82) is 0 Å². The van der Waals surface area contributed by atoms with Crippen LogP contribution in [0.1, 0.15) is 31.5 Å². The van der Waals surface area contributed by atoms with Gasteiger partial charge in [0.25, 0.3) is 0 Å². The van der Waals surface area contributed by atoms with E-state index in [1.807, 2.05) is 27.8 Å². The van der Waals surface area contributed by atoms with Crippen LogP contribution in [-0.2, 0) is 18.3 Å². The van der Waals surface area contributed by atoms with E-state index in [1.54, 1.807) is 4.68 Å². The number of ketones is 1. The number of carbonyl (C=O) groups is 1. The lowest BCUT2D eigenvalue weighted by atomic mass is 10.0. The van der Waals surface area contributed by atoms with Crippen LogP contribution in [0.15, 0.2) is 0 Å².